The summed E-state index contributed by atoms with van der Waals surface area (Å²) in [5.41, 5.74) is 0.959. The van der Waals surface area contributed by atoms with E-state index in [1.54, 1.807) is 18.3 Å². The number of fused-ring (bicyclic) bond motifs is 1. The van der Waals surface area contributed by atoms with Gasteiger partial charge < -0.3 is 4.74 Å². The lowest BCUT2D eigenvalue weighted by molar-refractivity contribution is 0.136. The third kappa shape index (κ3) is 4.74. The van der Waals surface area contributed by atoms with E-state index < -0.39 is 10.0 Å². The molecule has 0 spiro atoms. The highest BCUT2D eigenvalue weighted by atomic mass is 32.2. The molecule has 21 heavy (non-hydrogen) atoms. The summed E-state index contributed by atoms with van der Waals surface area (Å²) in [7, 11) is -1.84. The van der Waals surface area contributed by atoms with Gasteiger partial charge in [0.25, 0.3) is 0 Å². The predicted molar refractivity (Wildman–Crippen MR) is 86.2 cm³/mol. The van der Waals surface area contributed by atoms with Gasteiger partial charge in [-0.1, -0.05) is 12.1 Å². The summed E-state index contributed by atoms with van der Waals surface area (Å²) < 4.78 is 32.7. The number of aromatic nitrogens is 1. The number of benzene rings is 1. The van der Waals surface area contributed by atoms with E-state index in [-0.39, 0.29) is 17.9 Å². The Morgan fingerprint density at radius 1 is 1.33 bits per heavy atom. The first-order chi connectivity index (χ1) is 9.89. The predicted octanol–water partition coefficient (Wildman–Crippen LogP) is 2.18. The van der Waals surface area contributed by atoms with E-state index in [1.165, 1.54) is 7.11 Å². The zero-order chi connectivity index (χ0) is 15.5. The number of thiazole rings is 1. The fraction of sp³-hybridized carbons (Fsp3) is 0.500. The topological polar surface area (TPSA) is 68.3 Å². The Bertz CT molecular complexity index is 664. The molecule has 1 aromatic carbocycles. The van der Waals surface area contributed by atoms with E-state index >= 15 is 0 Å². The normalized spacial score (nSPS) is 15.2. The lowest BCUT2D eigenvalue weighted by Gasteiger charge is -2.15. The molecule has 2 atom stereocenters. The molecule has 0 amide bonds. The van der Waals surface area contributed by atoms with Crippen LogP contribution in [0.1, 0.15) is 18.9 Å². The number of nitrogens with one attached hydrogen (secondary N) is 1. The summed E-state index contributed by atoms with van der Waals surface area (Å²) in [4.78, 5) is 4.52. The summed E-state index contributed by atoms with van der Waals surface area (Å²) in [5.74, 6) is -0.0340. The molecule has 2 rings (SSSR count). The highest BCUT2D eigenvalue weighted by Gasteiger charge is 2.19. The Hall–Kier alpha value is -1.02. The van der Waals surface area contributed by atoms with Gasteiger partial charge in [0.1, 0.15) is 0 Å². The number of rotatable bonds is 7. The third-order valence-electron chi connectivity index (χ3n) is 3.06. The Morgan fingerprint density at radius 2 is 2.05 bits per heavy atom. The van der Waals surface area contributed by atoms with Crippen molar-refractivity contribution in [3.63, 3.8) is 0 Å². The van der Waals surface area contributed by atoms with E-state index in [0.717, 1.165) is 15.2 Å². The quantitative estimate of drug-likeness (QED) is 0.846. The van der Waals surface area contributed by atoms with Crippen molar-refractivity contribution in [3.8, 4) is 0 Å². The minimum Gasteiger partial charge on any atom is -0.381 e. The fourth-order valence-electron chi connectivity index (χ4n) is 2.04. The molecule has 0 saturated heterocycles. The van der Waals surface area contributed by atoms with E-state index in [2.05, 4.69) is 9.71 Å². The molecule has 116 valence electrons. The molecule has 2 aromatic rings. The third-order valence-corrected chi connectivity index (χ3v) is 5.78. The molecule has 1 heterocycles. The van der Waals surface area contributed by atoms with E-state index in [4.69, 9.17) is 4.74 Å². The second-order valence-electron chi connectivity index (χ2n) is 5.13. The van der Waals surface area contributed by atoms with Crippen molar-refractivity contribution in [1.82, 2.24) is 9.71 Å². The average Bonchev–Trinajstić information content (AvgIpc) is 2.78. The van der Waals surface area contributed by atoms with Gasteiger partial charge in [0.15, 0.2) is 0 Å². The summed E-state index contributed by atoms with van der Waals surface area (Å²) in [5, 5.41) is 0.936. The molecule has 0 fully saturated rings. The average molecular weight is 328 g/mol. The number of methoxy groups -OCH3 is 1. The van der Waals surface area contributed by atoms with Crippen LogP contribution in [0.25, 0.3) is 10.2 Å². The summed E-state index contributed by atoms with van der Waals surface area (Å²) in [6.45, 7) is 3.58. The van der Waals surface area contributed by atoms with Crippen LogP contribution in [0.3, 0.4) is 0 Å². The maximum absolute atomic E-state index is 12.0. The van der Waals surface area contributed by atoms with Crippen LogP contribution in [-0.4, -0.2) is 38.4 Å². The van der Waals surface area contributed by atoms with Gasteiger partial charge in [-0.3, -0.25) is 0 Å². The van der Waals surface area contributed by atoms with Gasteiger partial charge in [-0.05, 0) is 26.0 Å². The highest BCUT2D eigenvalue weighted by Crippen LogP contribution is 2.22. The summed E-state index contributed by atoms with van der Waals surface area (Å²) in [6, 6.07) is 7.71. The Morgan fingerprint density at radius 3 is 2.71 bits per heavy atom. The molecule has 0 aliphatic heterocycles. The molecule has 7 heteroatoms. The molecule has 0 saturated carbocycles. The van der Waals surface area contributed by atoms with E-state index in [1.807, 2.05) is 31.2 Å². The van der Waals surface area contributed by atoms with Gasteiger partial charge >= 0.3 is 0 Å². The molecule has 5 nitrogen and oxygen atoms in total. The molecule has 0 unspecified atom stereocenters. The first-order valence-electron chi connectivity index (χ1n) is 6.77. The zero-order valence-corrected chi connectivity index (χ0v) is 14.0. The molecule has 1 N–H and O–H groups in total. The van der Waals surface area contributed by atoms with E-state index in [0.29, 0.717) is 6.42 Å². The molecule has 1 aromatic heterocycles. The number of para-hydroxylation sites is 1. The van der Waals surface area contributed by atoms with Crippen molar-refractivity contribution in [2.24, 2.45) is 0 Å². The zero-order valence-electron chi connectivity index (χ0n) is 12.4. The Labute approximate surface area is 129 Å². The van der Waals surface area contributed by atoms with Crippen LogP contribution < -0.4 is 4.72 Å². The highest BCUT2D eigenvalue weighted by molar-refractivity contribution is 7.89. The summed E-state index contributed by atoms with van der Waals surface area (Å²) in [6.07, 6.45) is 0.261. The van der Waals surface area contributed by atoms with Crippen LogP contribution in [0.15, 0.2) is 24.3 Å². The molecular formula is C14H20N2O3S2. The maximum atomic E-state index is 12.0. The SMILES string of the molecule is CO[C@@H](C)CS(=O)(=O)N[C@@H](C)Cc1nc2ccccc2s1. The Kier molecular flexibility index (Phi) is 5.32. The minimum atomic E-state index is -3.34. The van der Waals surface area contributed by atoms with Crippen LogP contribution in [0.2, 0.25) is 0 Å². The van der Waals surface area contributed by atoms with Crippen molar-refractivity contribution in [2.75, 3.05) is 12.9 Å². The summed E-state index contributed by atoms with van der Waals surface area (Å²) >= 11 is 1.60. The first kappa shape index (κ1) is 16.4. The smallest absolute Gasteiger partial charge is 0.214 e. The molecular weight excluding hydrogens is 308 g/mol. The van der Waals surface area contributed by atoms with Gasteiger partial charge in [-0.25, -0.2) is 18.1 Å². The number of nitrogens with zero attached hydrogens (tertiary/aromatic N) is 1. The van der Waals surface area contributed by atoms with Crippen molar-refractivity contribution in [1.29, 1.82) is 0 Å². The van der Waals surface area contributed by atoms with Crippen LogP contribution in [0.5, 0.6) is 0 Å². The molecule has 0 aliphatic rings. The standard InChI is InChI=1S/C14H20N2O3S2/c1-10(16-21(17,18)9-11(2)19-3)8-14-15-12-6-4-5-7-13(12)20-14/h4-7,10-11,16H,8-9H2,1-3H3/t10-,11-/m0/s1. The van der Waals surface area contributed by atoms with Crippen LogP contribution in [0, 0.1) is 0 Å². The van der Waals surface area contributed by atoms with Gasteiger partial charge in [0, 0.05) is 19.6 Å². The number of sulfonamides is 1. The fourth-order valence-corrected chi connectivity index (χ4v) is 4.69. The molecule has 0 bridgehead atoms. The maximum Gasteiger partial charge on any atom is 0.214 e. The second-order valence-corrected chi connectivity index (χ2v) is 8.04. The van der Waals surface area contributed by atoms with Crippen molar-refractivity contribution < 1.29 is 13.2 Å². The van der Waals surface area contributed by atoms with Crippen LogP contribution >= 0.6 is 11.3 Å². The monoisotopic (exact) mass is 328 g/mol. The number of ether oxygens (including phenoxy) is 1. The molecule has 0 aliphatic carbocycles. The van der Waals surface area contributed by atoms with Crippen LogP contribution in [-0.2, 0) is 21.2 Å². The van der Waals surface area contributed by atoms with Crippen molar-refractivity contribution >= 4 is 31.6 Å². The molecule has 0 radical (unpaired) electrons. The van der Waals surface area contributed by atoms with Crippen LogP contribution in [0.4, 0.5) is 0 Å². The second kappa shape index (κ2) is 6.83. The number of hydrogen-bond acceptors (Lipinski definition) is 5. The lowest BCUT2D eigenvalue weighted by Crippen LogP contribution is -2.38. The first-order valence-corrected chi connectivity index (χ1v) is 9.24. The largest absolute Gasteiger partial charge is 0.381 e. The van der Waals surface area contributed by atoms with E-state index in [9.17, 15) is 8.42 Å². The number of hydrogen-bond donors (Lipinski definition) is 1. The van der Waals surface area contributed by atoms with Crippen molar-refractivity contribution in [2.45, 2.75) is 32.4 Å². The lowest BCUT2D eigenvalue weighted by atomic mass is 10.3. The Balaban J connectivity index is 1.99. The van der Waals surface area contributed by atoms with Gasteiger partial charge in [0.2, 0.25) is 10.0 Å². The van der Waals surface area contributed by atoms with Gasteiger partial charge in [0.05, 0.1) is 27.1 Å². The van der Waals surface area contributed by atoms with Crippen molar-refractivity contribution in [3.05, 3.63) is 29.3 Å². The van der Waals surface area contributed by atoms with Gasteiger partial charge in [-0.2, -0.15) is 0 Å². The van der Waals surface area contributed by atoms with Gasteiger partial charge in [-0.15, -0.1) is 11.3 Å². The minimum absolute atomic E-state index is 0.0340.